The van der Waals surface area contributed by atoms with Crippen LogP contribution in [0.5, 0.6) is 0 Å². The average Bonchev–Trinajstić information content (AvgIpc) is 2.72. The van der Waals surface area contributed by atoms with Crippen LogP contribution in [-0.2, 0) is 27.9 Å². The van der Waals surface area contributed by atoms with Gasteiger partial charge in [0.25, 0.3) is 0 Å². The van der Waals surface area contributed by atoms with Gasteiger partial charge in [-0.3, -0.25) is 14.0 Å². The van der Waals surface area contributed by atoms with Crippen molar-refractivity contribution < 1.29 is 13.2 Å². The van der Waals surface area contributed by atoms with Gasteiger partial charge in [-0.25, -0.2) is 8.42 Å². The third-order valence-corrected chi connectivity index (χ3v) is 7.00. The van der Waals surface area contributed by atoms with Gasteiger partial charge >= 0.3 is 0 Å². The lowest BCUT2D eigenvalue weighted by Crippen LogP contribution is -2.40. The Morgan fingerprint density at radius 2 is 1.73 bits per heavy atom. The van der Waals surface area contributed by atoms with E-state index in [2.05, 4.69) is 44.9 Å². The molecule has 2 aromatic rings. The number of nitrogens with zero attached hydrogens (tertiary/aromatic N) is 2. The molecule has 162 valence electrons. The lowest BCUT2D eigenvalue weighted by atomic mass is 10.1. The summed E-state index contributed by atoms with van der Waals surface area (Å²) in [5.74, 6) is -0.333. The second kappa shape index (κ2) is 10.6. The average molecular weight is 541 g/mol. The fraction of sp³-hybridized carbons (Fsp3) is 0.409. The third-order valence-electron chi connectivity index (χ3n) is 5.14. The molecule has 0 unspecified atom stereocenters. The Kier molecular flexibility index (Phi) is 8.13. The van der Waals surface area contributed by atoms with E-state index in [0.717, 1.165) is 39.3 Å². The highest BCUT2D eigenvalue weighted by atomic mass is 127. The van der Waals surface area contributed by atoms with Crippen molar-refractivity contribution >= 4 is 44.2 Å². The molecule has 3 rings (SSSR count). The summed E-state index contributed by atoms with van der Waals surface area (Å²) in [4.78, 5) is 15.0. The first-order chi connectivity index (χ1) is 14.3. The molecule has 1 saturated heterocycles. The molecule has 0 bridgehead atoms. The highest BCUT2D eigenvalue weighted by Gasteiger charge is 2.20. The minimum Gasteiger partial charge on any atom is -0.350 e. The van der Waals surface area contributed by atoms with Gasteiger partial charge in [-0.05, 0) is 83.9 Å². The number of anilines is 1. The number of nitrogens with one attached hydrogen (secondary N) is 1. The summed E-state index contributed by atoms with van der Waals surface area (Å²) in [6.07, 6.45) is 4.94. The molecule has 0 aromatic heterocycles. The molecule has 2 aromatic carbocycles. The monoisotopic (exact) mass is 541 g/mol. The summed E-state index contributed by atoms with van der Waals surface area (Å²) in [7, 11) is -3.57. The quantitative estimate of drug-likeness (QED) is 0.521. The van der Waals surface area contributed by atoms with Crippen molar-refractivity contribution in [3.8, 4) is 0 Å². The molecule has 6 nitrogen and oxygen atoms in total. The van der Waals surface area contributed by atoms with Crippen LogP contribution >= 0.6 is 22.6 Å². The van der Waals surface area contributed by atoms with Gasteiger partial charge in [-0.1, -0.05) is 30.7 Å². The maximum absolute atomic E-state index is 12.5. The number of likely N-dealkylation sites (tertiary alicyclic amines) is 1. The lowest BCUT2D eigenvalue weighted by molar-refractivity contribution is -0.119. The second-order valence-electron chi connectivity index (χ2n) is 7.68. The van der Waals surface area contributed by atoms with E-state index in [9.17, 15) is 13.2 Å². The SMILES string of the molecule is CS(=O)(=O)N(CC(=O)NCc1cccc(CN2CCCCC2)c1)c1ccc(I)cc1. The van der Waals surface area contributed by atoms with E-state index in [0.29, 0.717) is 12.2 Å². The van der Waals surface area contributed by atoms with Gasteiger partial charge in [-0.2, -0.15) is 0 Å². The van der Waals surface area contributed by atoms with E-state index < -0.39 is 10.0 Å². The molecule has 0 aliphatic carbocycles. The summed E-state index contributed by atoms with van der Waals surface area (Å²) in [5, 5.41) is 2.85. The number of hydrogen-bond donors (Lipinski definition) is 1. The van der Waals surface area contributed by atoms with Crippen LogP contribution in [0.25, 0.3) is 0 Å². The normalized spacial score (nSPS) is 15.0. The number of carbonyl (C=O) groups is 1. The summed E-state index contributed by atoms with van der Waals surface area (Å²) in [5.41, 5.74) is 2.73. The minimum atomic E-state index is -3.57. The topological polar surface area (TPSA) is 69.7 Å². The van der Waals surface area contributed by atoms with Gasteiger partial charge in [0.1, 0.15) is 6.54 Å². The van der Waals surface area contributed by atoms with Crippen molar-refractivity contribution in [3.63, 3.8) is 0 Å². The number of benzene rings is 2. The van der Waals surface area contributed by atoms with Gasteiger partial charge in [0.2, 0.25) is 15.9 Å². The zero-order valence-corrected chi connectivity index (χ0v) is 20.2. The first-order valence-electron chi connectivity index (χ1n) is 10.1. The lowest BCUT2D eigenvalue weighted by Gasteiger charge is -2.26. The van der Waals surface area contributed by atoms with E-state index in [1.165, 1.54) is 24.8 Å². The summed E-state index contributed by atoms with van der Waals surface area (Å²) < 4.78 is 26.5. The highest BCUT2D eigenvalue weighted by Crippen LogP contribution is 2.19. The zero-order chi connectivity index (χ0) is 21.6. The van der Waals surface area contributed by atoms with Gasteiger partial charge in [0, 0.05) is 16.7 Å². The van der Waals surface area contributed by atoms with Crippen LogP contribution < -0.4 is 9.62 Å². The van der Waals surface area contributed by atoms with Crippen molar-refractivity contribution in [2.24, 2.45) is 0 Å². The van der Waals surface area contributed by atoms with Crippen LogP contribution in [0.2, 0.25) is 0 Å². The van der Waals surface area contributed by atoms with Crippen LogP contribution in [0.15, 0.2) is 48.5 Å². The van der Waals surface area contributed by atoms with E-state index in [-0.39, 0.29) is 12.5 Å². The minimum absolute atomic E-state index is 0.243. The number of sulfonamides is 1. The Morgan fingerprint density at radius 1 is 1.07 bits per heavy atom. The zero-order valence-electron chi connectivity index (χ0n) is 17.2. The van der Waals surface area contributed by atoms with Crippen LogP contribution in [-0.4, -0.2) is 45.1 Å². The molecular weight excluding hydrogens is 513 g/mol. The molecule has 0 spiro atoms. The molecule has 1 heterocycles. The molecule has 0 saturated carbocycles. The molecule has 30 heavy (non-hydrogen) atoms. The van der Waals surface area contributed by atoms with Crippen molar-refractivity contribution in [2.75, 3.05) is 30.2 Å². The fourth-order valence-electron chi connectivity index (χ4n) is 3.61. The molecular formula is C22H28IN3O3S. The van der Waals surface area contributed by atoms with E-state index in [1.807, 2.05) is 24.3 Å². The number of amides is 1. The van der Waals surface area contributed by atoms with Crippen molar-refractivity contribution in [3.05, 3.63) is 63.2 Å². The maximum Gasteiger partial charge on any atom is 0.241 e. The summed E-state index contributed by atoms with van der Waals surface area (Å²) in [6, 6.07) is 15.3. The van der Waals surface area contributed by atoms with Gasteiger partial charge in [0.15, 0.2) is 0 Å². The summed E-state index contributed by atoms with van der Waals surface area (Å²) in [6.45, 7) is 3.34. The van der Waals surface area contributed by atoms with E-state index in [4.69, 9.17) is 0 Å². The number of piperidine rings is 1. The molecule has 1 aliphatic rings. The third kappa shape index (κ3) is 6.95. The van der Waals surface area contributed by atoms with Crippen molar-refractivity contribution in [1.82, 2.24) is 10.2 Å². The van der Waals surface area contributed by atoms with Crippen LogP contribution in [0.1, 0.15) is 30.4 Å². The fourth-order valence-corrected chi connectivity index (χ4v) is 4.82. The first kappa shape index (κ1) is 23.0. The molecule has 1 amide bonds. The molecule has 0 atom stereocenters. The predicted molar refractivity (Wildman–Crippen MR) is 129 cm³/mol. The van der Waals surface area contributed by atoms with E-state index >= 15 is 0 Å². The first-order valence-corrected chi connectivity index (χ1v) is 13.0. The predicted octanol–water partition coefficient (Wildman–Crippen LogP) is 3.36. The Hall–Kier alpha value is -1.65. The molecule has 1 aliphatic heterocycles. The number of rotatable bonds is 8. The van der Waals surface area contributed by atoms with Crippen molar-refractivity contribution in [1.29, 1.82) is 0 Å². The standard InChI is InChI=1S/C22H28IN3O3S/c1-30(28,29)26(21-10-8-20(23)9-11-21)17-22(27)24-15-18-6-5-7-19(14-18)16-25-12-3-2-4-13-25/h5-11,14H,2-4,12-13,15-17H2,1H3,(H,24,27). The second-order valence-corrected chi connectivity index (χ2v) is 10.8. The molecule has 0 radical (unpaired) electrons. The number of halogens is 1. The van der Waals surface area contributed by atoms with Crippen molar-refractivity contribution in [2.45, 2.75) is 32.4 Å². The Balaban J connectivity index is 1.58. The molecule has 1 N–H and O–H groups in total. The molecule has 1 fully saturated rings. The van der Waals surface area contributed by atoms with E-state index in [1.54, 1.807) is 12.1 Å². The Morgan fingerprint density at radius 3 is 2.40 bits per heavy atom. The van der Waals surface area contributed by atoms with Crippen LogP contribution in [0.4, 0.5) is 5.69 Å². The Labute approximate surface area is 192 Å². The maximum atomic E-state index is 12.5. The van der Waals surface area contributed by atoms with Crippen LogP contribution in [0, 0.1) is 3.57 Å². The summed E-state index contributed by atoms with van der Waals surface area (Å²) >= 11 is 2.16. The smallest absolute Gasteiger partial charge is 0.241 e. The largest absolute Gasteiger partial charge is 0.350 e. The van der Waals surface area contributed by atoms with Gasteiger partial charge in [0.05, 0.1) is 11.9 Å². The Bertz CT molecular complexity index is 958. The number of carbonyl (C=O) groups excluding carboxylic acids is 1. The highest BCUT2D eigenvalue weighted by molar-refractivity contribution is 14.1. The van der Waals surface area contributed by atoms with Gasteiger partial charge in [-0.15, -0.1) is 0 Å². The van der Waals surface area contributed by atoms with Crippen LogP contribution in [0.3, 0.4) is 0 Å². The molecule has 8 heteroatoms. The number of hydrogen-bond acceptors (Lipinski definition) is 4. The van der Waals surface area contributed by atoms with Gasteiger partial charge < -0.3 is 5.32 Å².